The summed E-state index contributed by atoms with van der Waals surface area (Å²) < 4.78 is 30.4. The molecule has 0 atom stereocenters. The van der Waals surface area contributed by atoms with Crippen LogP contribution in [-0.2, 0) is 19.7 Å². The molecule has 1 aliphatic carbocycles. The molecule has 1 aromatic rings. The quantitative estimate of drug-likeness (QED) is 0.468. The lowest BCUT2D eigenvalue weighted by Crippen LogP contribution is -2.17. The molecule has 1 fully saturated rings. The van der Waals surface area contributed by atoms with Crippen LogP contribution < -0.4 is 9.46 Å². The van der Waals surface area contributed by atoms with Crippen molar-refractivity contribution in [3.63, 3.8) is 0 Å². The van der Waals surface area contributed by atoms with Gasteiger partial charge >= 0.3 is 5.97 Å². The van der Waals surface area contributed by atoms with E-state index in [2.05, 4.69) is 19.7 Å². The van der Waals surface area contributed by atoms with E-state index in [1.165, 1.54) is 12.5 Å². The number of nitrogens with zero attached hydrogens (tertiary/aromatic N) is 2. The zero-order valence-corrected chi connectivity index (χ0v) is 11.5. The largest absolute Gasteiger partial charge is 0.402 e. The van der Waals surface area contributed by atoms with Crippen molar-refractivity contribution in [1.29, 1.82) is 0 Å². The molecule has 19 heavy (non-hydrogen) atoms. The van der Waals surface area contributed by atoms with Crippen LogP contribution in [0, 0.1) is 0 Å². The number of rotatable bonds is 6. The van der Waals surface area contributed by atoms with Crippen LogP contribution in [0.25, 0.3) is 0 Å². The number of aromatic nitrogens is 1. The summed E-state index contributed by atoms with van der Waals surface area (Å²) in [6.07, 6.45) is 2.17. The second-order valence-electron chi connectivity index (χ2n) is 3.68. The van der Waals surface area contributed by atoms with Gasteiger partial charge in [0.1, 0.15) is 7.11 Å². The van der Waals surface area contributed by atoms with E-state index >= 15 is 0 Å². The number of sulfonamides is 1. The monoisotopic (exact) mass is 305 g/mol. The third kappa shape index (κ3) is 3.89. The predicted octanol–water partition coefficient (Wildman–Crippen LogP) is 0.585. The standard InChI is InChI=1S/C9H11N3O5S2/c1-16-10-4-8(13)17-7-5-18-9(11-7)12-19(14,15)6-2-3-6/h4-6H,2-3H2,1H3,(H,11,12)/b10-4+. The van der Waals surface area contributed by atoms with Crippen molar-refractivity contribution in [1.82, 2.24) is 4.98 Å². The van der Waals surface area contributed by atoms with E-state index in [1.54, 1.807) is 0 Å². The molecule has 0 aromatic carbocycles. The molecule has 1 saturated carbocycles. The highest BCUT2D eigenvalue weighted by atomic mass is 32.2. The minimum atomic E-state index is -3.36. The summed E-state index contributed by atoms with van der Waals surface area (Å²) in [4.78, 5) is 19.3. The molecule has 8 nitrogen and oxygen atoms in total. The summed E-state index contributed by atoms with van der Waals surface area (Å²) in [5, 5.41) is 4.48. The fourth-order valence-electron chi connectivity index (χ4n) is 1.16. The SMILES string of the molecule is CO/N=C/C(=O)Oc1csc(NS(=O)(=O)C2CC2)n1. The molecule has 2 rings (SSSR count). The second-order valence-corrected chi connectivity index (χ2v) is 6.49. The molecule has 0 saturated heterocycles. The van der Waals surface area contributed by atoms with Crippen LogP contribution in [0.5, 0.6) is 5.88 Å². The maximum absolute atomic E-state index is 11.6. The van der Waals surface area contributed by atoms with Crippen molar-refractivity contribution >= 4 is 38.7 Å². The highest BCUT2D eigenvalue weighted by Crippen LogP contribution is 2.31. The molecule has 0 radical (unpaired) electrons. The average Bonchev–Trinajstić information content (AvgIpc) is 3.12. The number of nitrogens with one attached hydrogen (secondary N) is 1. The summed E-state index contributed by atoms with van der Waals surface area (Å²) in [5.74, 6) is -0.755. The molecule has 1 aliphatic rings. The van der Waals surface area contributed by atoms with Gasteiger partial charge in [0.15, 0.2) is 11.3 Å². The molecular weight excluding hydrogens is 294 g/mol. The van der Waals surface area contributed by atoms with Gasteiger partial charge in [0.25, 0.3) is 0 Å². The lowest BCUT2D eigenvalue weighted by Gasteiger charge is -2.01. The number of ether oxygens (including phenoxy) is 1. The summed E-state index contributed by atoms with van der Waals surface area (Å²) in [6, 6.07) is 0. The molecule has 0 unspecified atom stereocenters. The van der Waals surface area contributed by atoms with E-state index in [-0.39, 0.29) is 16.3 Å². The number of hydrogen-bond donors (Lipinski definition) is 1. The third-order valence-corrected chi connectivity index (χ3v) is 4.84. The van der Waals surface area contributed by atoms with Crippen LogP contribution in [0.2, 0.25) is 0 Å². The van der Waals surface area contributed by atoms with Gasteiger partial charge in [-0.2, -0.15) is 4.98 Å². The van der Waals surface area contributed by atoms with Crippen molar-refractivity contribution < 1.29 is 22.8 Å². The first-order valence-corrected chi connectivity index (χ1v) is 7.69. The number of hydrogen-bond acceptors (Lipinski definition) is 8. The number of esters is 1. The molecule has 10 heteroatoms. The Bertz CT molecular complexity index is 591. The Balaban J connectivity index is 1.95. The van der Waals surface area contributed by atoms with Crippen molar-refractivity contribution in [3.8, 4) is 5.88 Å². The van der Waals surface area contributed by atoms with Gasteiger partial charge in [0, 0.05) is 0 Å². The molecule has 0 spiro atoms. The Kier molecular flexibility index (Phi) is 4.00. The first-order valence-electron chi connectivity index (χ1n) is 5.27. The lowest BCUT2D eigenvalue weighted by molar-refractivity contribution is -0.126. The van der Waals surface area contributed by atoms with Crippen LogP contribution in [0.4, 0.5) is 5.13 Å². The fourth-order valence-corrected chi connectivity index (χ4v) is 3.37. The summed E-state index contributed by atoms with van der Waals surface area (Å²) >= 11 is 1.03. The van der Waals surface area contributed by atoms with Gasteiger partial charge in [-0.15, -0.1) is 11.3 Å². The lowest BCUT2D eigenvalue weighted by atomic mass is 10.7. The van der Waals surface area contributed by atoms with E-state index in [0.29, 0.717) is 12.8 Å². The molecule has 1 N–H and O–H groups in total. The van der Waals surface area contributed by atoms with Crippen molar-refractivity contribution in [2.45, 2.75) is 18.1 Å². The van der Waals surface area contributed by atoms with E-state index < -0.39 is 16.0 Å². The molecular formula is C9H11N3O5S2. The third-order valence-electron chi connectivity index (χ3n) is 2.14. The normalized spacial score (nSPS) is 15.4. The Labute approximate surface area is 113 Å². The van der Waals surface area contributed by atoms with Crippen LogP contribution in [0.1, 0.15) is 12.8 Å². The first-order chi connectivity index (χ1) is 9.01. The van der Waals surface area contributed by atoms with Crippen molar-refractivity contribution in [2.75, 3.05) is 11.8 Å². The average molecular weight is 305 g/mol. The second kappa shape index (κ2) is 5.53. The number of oxime groups is 1. The van der Waals surface area contributed by atoms with Gasteiger partial charge in [-0.3, -0.25) is 4.72 Å². The summed E-state index contributed by atoms with van der Waals surface area (Å²) in [6.45, 7) is 0. The van der Waals surface area contributed by atoms with Crippen molar-refractivity contribution in [3.05, 3.63) is 5.38 Å². The Morgan fingerprint density at radius 2 is 2.37 bits per heavy atom. The number of anilines is 1. The Morgan fingerprint density at radius 1 is 1.63 bits per heavy atom. The predicted molar refractivity (Wildman–Crippen MR) is 68.8 cm³/mol. The van der Waals surface area contributed by atoms with Gasteiger partial charge in [-0.05, 0) is 12.8 Å². The molecule has 1 aromatic heterocycles. The molecule has 0 bridgehead atoms. The number of carbonyl (C=O) groups is 1. The van der Waals surface area contributed by atoms with Crippen LogP contribution >= 0.6 is 11.3 Å². The highest BCUT2D eigenvalue weighted by Gasteiger charge is 2.36. The smallest absolute Gasteiger partial charge is 0.359 e. The van der Waals surface area contributed by atoms with E-state index in [4.69, 9.17) is 4.74 Å². The minimum absolute atomic E-state index is 0.00560. The number of carbonyl (C=O) groups excluding carboxylic acids is 1. The van der Waals surface area contributed by atoms with Gasteiger partial charge in [0.05, 0.1) is 10.6 Å². The zero-order valence-electron chi connectivity index (χ0n) is 9.90. The molecule has 1 heterocycles. The minimum Gasteiger partial charge on any atom is -0.402 e. The molecule has 0 aliphatic heterocycles. The van der Waals surface area contributed by atoms with Crippen molar-refractivity contribution in [2.24, 2.45) is 5.16 Å². The van der Waals surface area contributed by atoms with Crippen LogP contribution in [0.3, 0.4) is 0 Å². The highest BCUT2D eigenvalue weighted by molar-refractivity contribution is 7.93. The summed E-state index contributed by atoms with van der Waals surface area (Å²) in [5.41, 5.74) is 0. The van der Waals surface area contributed by atoms with E-state index in [9.17, 15) is 13.2 Å². The topological polar surface area (TPSA) is 107 Å². The zero-order chi connectivity index (χ0) is 13.9. The van der Waals surface area contributed by atoms with Gasteiger partial charge in [0.2, 0.25) is 15.9 Å². The van der Waals surface area contributed by atoms with Crippen LogP contribution in [-0.4, -0.2) is 37.9 Å². The van der Waals surface area contributed by atoms with Crippen LogP contribution in [0.15, 0.2) is 10.5 Å². The maximum atomic E-state index is 11.6. The van der Waals surface area contributed by atoms with Gasteiger partial charge in [-0.1, -0.05) is 5.16 Å². The fraction of sp³-hybridized carbons (Fsp3) is 0.444. The summed E-state index contributed by atoms with van der Waals surface area (Å²) in [7, 11) is -2.07. The Hall–Kier alpha value is -1.68. The van der Waals surface area contributed by atoms with Gasteiger partial charge in [-0.25, -0.2) is 13.2 Å². The number of thiazole rings is 1. The molecule has 0 amide bonds. The van der Waals surface area contributed by atoms with E-state index in [0.717, 1.165) is 17.6 Å². The molecule has 104 valence electrons. The Morgan fingerprint density at radius 3 is 3.00 bits per heavy atom. The maximum Gasteiger partial charge on any atom is 0.359 e. The van der Waals surface area contributed by atoms with Gasteiger partial charge < -0.3 is 9.57 Å². The van der Waals surface area contributed by atoms with E-state index in [1.807, 2.05) is 0 Å². The first kappa shape index (κ1) is 13.7.